The SMILES string of the molecule is O=[N+]([O-])c1nc(N2CCCC(CO)CC2)ccc1Br. The first-order valence-electron chi connectivity index (χ1n) is 6.28. The first-order valence-corrected chi connectivity index (χ1v) is 7.08. The Morgan fingerprint density at radius 3 is 2.95 bits per heavy atom. The highest BCUT2D eigenvalue weighted by atomic mass is 79.9. The zero-order valence-corrected chi connectivity index (χ0v) is 12.0. The highest BCUT2D eigenvalue weighted by Crippen LogP contribution is 2.27. The molecule has 1 aliphatic rings. The average molecular weight is 330 g/mol. The van der Waals surface area contributed by atoms with Crippen LogP contribution in [0.4, 0.5) is 11.6 Å². The quantitative estimate of drug-likeness (QED) is 0.680. The monoisotopic (exact) mass is 329 g/mol. The van der Waals surface area contributed by atoms with Gasteiger partial charge in [0.1, 0.15) is 4.47 Å². The molecule has 0 radical (unpaired) electrons. The lowest BCUT2D eigenvalue weighted by Crippen LogP contribution is -2.25. The van der Waals surface area contributed by atoms with Crippen LogP contribution in [0.2, 0.25) is 0 Å². The number of pyridine rings is 1. The van der Waals surface area contributed by atoms with Gasteiger partial charge in [-0.1, -0.05) is 0 Å². The van der Waals surface area contributed by atoms with Crippen LogP contribution in [0, 0.1) is 16.0 Å². The first kappa shape index (κ1) is 14.2. The van der Waals surface area contributed by atoms with Crippen LogP contribution in [0.15, 0.2) is 16.6 Å². The number of hydrogen-bond acceptors (Lipinski definition) is 5. The molecule has 19 heavy (non-hydrogen) atoms. The lowest BCUT2D eigenvalue weighted by molar-refractivity contribution is -0.390. The summed E-state index contributed by atoms with van der Waals surface area (Å²) in [5.41, 5.74) is 0. The van der Waals surface area contributed by atoms with Crippen LogP contribution in [-0.4, -0.2) is 34.7 Å². The van der Waals surface area contributed by atoms with Gasteiger partial charge in [0.25, 0.3) is 0 Å². The number of nitro groups is 1. The number of halogens is 1. The van der Waals surface area contributed by atoms with Crippen molar-refractivity contribution in [1.82, 2.24) is 4.98 Å². The van der Waals surface area contributed by atoms with Crippen molar-refractivity contribution in [3.63, 3.8) is 0 Å². The molecule has 1 aliphatic heterocycles. The van der Waals surface area contributed by atoms with E-state index >= 15 is 0 Å². The molecule has 1 fully saturated rings. The fourth-order valence-electron chi connectivity index (χ4n) is 2.30. The molecule has 2 heterocycles. The smallest absolute Gasteiger partial charge is 0.380 e. The molecule has 0 amide bonds. The fraction of sp³-hybridized carbons (Fsp3) is 0.583. The van der Waals surface area contributed by atoms with Crippen molar-refractivity contribution in [1.29, 1.82) is 0 Å². The third-order valence-electron chi connectivity index (χ3n) is 3.42. The van der Waals surface area contributed by atoms with Crippen molar-refractivity contribution in [3.05, 3.63) is 26.7 Å². The van der Waals surface area contributed by atoms with Crippen LogP contribution in [-0.2, 0) is 0 Å². The Bertz CT molecular complexity index is 470. The standard InChI is InChI=1S/C12H16BrN3O3/c13-10-3-4-11(14-12(10)16(18)19)15-6-1-2-9(8-17)5-7-15/h3-4,9,17H,1-2,5-8H2. The maximum absolute atomic E-state index is 10.9. The highest BCUT2D eigenvalue weighted by molar-refractivity contribution is 9.10. The predicted octanol–water partition coefficient (Wildman–Crippen LogP) is 2.35. The Morgan fingerprint density at radius 1 is 1.47 bits per heavy atom. The number of aromatic nitrogens is 1. The van der Waals surface area contributed by atoms with Gasteiger partial charge in [-0.3, -0.25) is 0 Å². The van der Waals surface area contributed by atoms with E-state index in [4.69, 9.17) is 0 Å². The van der Waals surface area contributed by atoms with Crippen LogP contribution >= 0.6 is 15.9 Å². The third-order valence-corrected chi connectivity index (χ3v) is 4.03. The second-order valence-corrected chi connectivity index (χ2v) is 5.55. The molecule has 1 atom stereocenters. The minimum absolute atomic E-state index is 0.152. The van der Waals surface area contributed by atoms with Gasteiger partial charge in [0.05, 0.1) is 0 Å². The summed E-state index contributed by atoms with van der Waals surface area (Å²) in [7, 11) is 0. The maximum Gasteiger partial charge on any atom is 0.380 e. The van der Waals surface area contributed by atoms with Gasteiger partial charge in [0.15, 0.2) is 0 Å². The molecule has 0 aromatic carbocycles. The Hall–Kier alpha value is -1.21. The lowest BCUT2D eigenvalue weighted by atomic mass is 10.0. The largest absolute Gasteiger partial charge is 0.396 e. The van der Waals surface area contributed by atoms with Gasteiger partial charge < -0.3 is 20.1 Å². The predicted molar refractivity (Wildman–Crippen MR) is 75.2 cm³/mol. The van der Waals surface area contributed by atoms with Gasteiger partial charge in [-0.15, -0.1) is 0 Å². The molecule has 0 aliphatic carbocycles. The van der Waals surface area contributed by atoms with Gasteiger partial charge in [0, 0.05) is 25.8 Å². The van der Waals surface area contributed by atoms with Crippen molar-refractivity contribution in [3.8, 4) is 0 Å². The Balaban J connectivity index is 2.17. The Labute approximate surface area is 119 Å². The second kappa shape index (κ2) is 6.29. The number of aliphatic hydroxyl groups is 1. The summed E-state index contributed by atoms with van der Waals surface area (Å²) < 4.78 is 0.393. The molecule has 0 spiro atoms. The molecule has 0 bridgehead atoms. The van der Waals surface area contributed by atoms with E-state index in [2.05, 4.69) is 25.8 Å². The van der Waals surface area contributed by atoms with E-state index in [9.17, 15) is 15.2 Å². The molecule has 7 heteroatoms. The van der Waals surface area contributed by atoms with E-state index in [0.717, 1.165) is 32.4 Å². The highest BCUT2D eigenvalue weighted by Gasteiger charge is 2.22. The zero-order chi connectivity index (χ0) is 13.8. The fourth-order valence-corrected chi connectivity index (χ4v) is 2.67. The third kappa shape index (κ3) is 3.42. The second-order valence-electron chi connectivity index (χ2n) is 4.70. The number of rotatable bonds is 3. The summed E-state index contributed by atoms with van der Waals surface area (Å²) >= 11 is 3.14. The van der Waals surface area contributed by atoms with Crippen molar-refractivity contribution in [2.75, 3.05) is 24.6 Å². The molecule has 1 aromatic rings. The molecule has 6 nitrogen and oxygen atoms in total. The maximum atomic E-state index is 10.9. The average Bonchev–Trinajstić information content (AvgIpc) is 2.64. The van der Waals surface area contributed by atoms with Crippen LogP contribution in [0.3, 0.4) is 0 Å². The van der Waals surface area contributed by atoms with Gasteiger partial charge in [-0.25, -0.2) is 0 Å². The summed E-state index contributed by atoms with van der Waals surface area (Å²) in [4.78, 5) is 16.6. The number of aliphatic hydroxyl groups excluding tert-OH is 1. The first-order chi connectivity index (χ1) is 9.11. The molecule has 1 N–H and O–H groups in total. The van der Waals surface area contributed by atoms with Crippen LogP contribution in [0.25, 0.3) is 0 Å². The van der Waals surface area contributed by atoms with Crippen molar-refractivity contribution < 1.29 is 10.0 Å². The molecular weight excluding hydrogens is 314 g/mol. The van der Waals surface area contributed by atoms with Crippen LogP contribution in [0.5, 0.6) is 0 Å². The molecule has 1 unspecified atom stereocenters. The summed E-state index contributed by atoms with van der Waals surface area (Å²) in [5, 5.41) is 20.1. The number of hydrogen-bond donors (Lipinski definition) is 1. The van der Waals surface area contributed by atoms with Crippen LogP contribution in [0.1, 0.15) is 19.3 Å². The summed E-state index contributed by atoms with van der Waals surface area (Å²) in [6.07, 6.45) is 2.85. The van der Waals surface area contributed by atoms with E-state index in [1.54, 1.807) is 12.1 Å². The minimum Gasteiger partial charge on any atom is -0.396 e. The topological polar surface area (TPSA) is 79.5 Å². The van der Waals surface area contributed by atoms with Gasteiger partial charge in [-0.2, -0.15) is 0 Å². The number of nitrogens with zero attached hydrogens (tertiary/aromatic N) is 3. The molecule has 2 rings (SSSR count). The molecule has 1 saturated heterocycles. The van der Waals surface area contributed by atoms with E-state index in [-0.39, 0.29) is 12.4 Å². The van der Waals surface area contributed by atoms with Crippen LogP contribution < -0.4 is 4.90 Å². The molecular formula is C12H16BrN3O3. The zero-order valence-electron chi connectivity index (χ0n) is 10.5. The van der Waals surface area contributed by atoms with E-state index in [1.165, 1.54) is 0 Å². The minimum atomic E-state index is -0.484. The Kier molecular flexibility index (Phi) is 4.71. The molecule has 1 aromatic heterocycles. The number of anilines is 1. The summed E-state index contributed by atoms with van der Waals surface area (Å²) in [6.45, 7) is 1.81. The van der Waals surface area contributed by atoms with Crippen molar-refractivity contribution in [2.45, 2.75) is 19.3 Å². The molecule has 104 valence electrons. The molecule has 0 saturated carbocycles. The van der Waals surface area contributed by atoms with E-state index < -0.39 is 4.92 Å². The van der Waals surface area contributed by atoms with Crippen molar-refractivity contribution >= 4 is 27.6 Å². The van der Waals surface area contributed by atoms with Gasteiger partial charge in [-0.05, 0) is 57.1 Å². The summed E-state index contributed by atoms with van der Waals surface area (Å²) in [5.74, 6) is 0.810. The van der Waals surface area contributed by atoms with E-state index in [0.29, 0.717) is 16.2 Å². The lowest BCUT2D eigenvalue weighted by Gasteiger charge is -2.18. The summed E-state index contributed by atoms with van der Waals surface area (Å²) in [6, 6.07) is 3.45. The van der Waals surface area contributed by atoms with Gasteiger partial charge in [0.2, 0.25) is 5.82 Å². The Morgan fingerprint density at radius 2 is 2.26 bits per heavy atom. The van der Waals surface area contributed by atoms with Crippen molar-refractivity contribution in [2.24, 2.45) is 5.92 Å². The normalized spacial score (nSPS) is 20.1. The van der Waals surface area contributed by atoms with E-state index in [1.807, 2.05) is 0 Å². The van der Waals surface area contributed by atoms with Gasteiger partial charge >= 0.3 is 5.82 Å².